The zero-order chi connectivity index (χ0) is 9.59. The van der Waals surface area contributed by atoms with Gasteiger partial charge >= 0.3 is 0 Å². The van der Waals surface area contributed by atoms with Crippen molar-refractivity contribution in [2.45, 2.75) is 18.9 Å². The van der Waals surface area contributed by atoms with Crippen molar-refractivity contribution in [3.8, 4) is 0 Å². The summed E-state index contributed by atoms with van der Waals surface area (Å²) >= 11 is 0. The minimum absolute atomic E-state index is 0.103. The Kier molecular flexibility index (Phi) is 1.80. The predicted octanol–water partition coefficient (Wildman–Crippen LogP) is 2.08. The van der Waals surface area contributed by atoms with Crippen LogP contribution in [-0.2, 0) is 6.42 Å². The van der Waals surface area contributed by atoms with E-state index >= 15 is 0 Å². The highest BCUT2D eigenvalue weighted by atomic mass is 19.2. The number of aliphatic hydroxyl groups is 1. The molecule has 1 atom stereocenters. The lowest BCUT2D eigenvalue weighted by Gasteiger charge is -2.06. The molecule has 1 unspecified atom stereocenters. The van der Waals surface area contributed by atoms with Gasteiger partial charge < -0.3 is 5.11 Å². The molecular weight excluding hydrogens is 181 g/mol. The number of rotatable bonds is 0. The summed E-state index contributed by atoms with van der Waals surface area (Å²) in [5.41, 5.74) is -0.107. The van der Waals surface area contributed by atoms with Crippen molar-refractivity contribution in [3.63, 3.8) is 0 Å². The third-order valence-electron chi connectivity index (χ3n) is 2.31. The predicted molar refractivity (Wildman–Crippen MR) is 39.6 cm³/mol. The molecule has 0 saturated heterocycles. The summed E-state index contributed by atoms with van der Waals surface area (Å²) in [6, 6.07) is 0.520. The van der Waals surface area contributed by atoms with Gasteiger partial charge in [0, 0.05) is 11.6 Å². The van der Waals surface area contributed by atoms with Gasteiger partial charge in [0.15, 0.2) is 11.6 Å². The van der Waals surface area contributed by atoms with Crippen molar-refractivity contribution in [3.05, 3.63) is 34.6 Å². The Morgan fingerprint density at radius 1 is 1.23 bits per heavy atom. The molecule has 0 radical (unpaired) electrons. The fourth-order valence-electron chi connectivity index (χ4n) is 1.68. The lowest BCUT2D eigenvalue weighted by atomic mass is 10.1. The van der Waals surface area contributed by atoms with E-state index in [2.05, 4.69) is 0 Å². The molecule has 0 amide bonds. The Hall–Kier alpha value is -1.03. The number of aliphatic hydroxyl groups excluding tert-OH is 1. The maximum Gasteiger partial charge on any atom is 0.165 e. The molecule has 0 saturated carbocycles. The van der Waals surface area contributed by atoms with E-state index in [1.165, 1.54) is 0 Å². The van der Waals surface area contributed by atoms with E-state index in [0.717, 1.165) is 0 Å². The van der Waals surface area contributed by atoms with E-state index in [1.807, 2.05) is 0 Å². The van der Waals surface area contributed by atoms with Crippen molar-refractivity contribution >= 4 is 0 Å². The second kappa shape index (κ2) is 2.73. The maximum absolute atomic E-state index is 13.0. The fraction of sp³-hybridized carbons (Fsp3) is 0.333. The molecule has 1 N–H and O–H groups in total. The highest BCUT2D eigenvalue weighted by Gasteiger charge is 2.29. The Balaban J connectivity index is 2.70. The lowest BCUT2D eigenvalue weighted by Crippen LogP contribution is -2.00. The van der Waals surface area contributed by atoms with Gasteiger partial charge in [-0.25, -0.2) is 13.2 Å². The maximum atomic E-state index is 13.0. The second-order valence-corrected chi connectivity index (χ2v) is 3.10. The highest BCUT2D eigenvalue weighted by molar-refractivity contribution is 5.36. The van der Waals surface area contributed by atoms with Crippen molar-refractivity contribution in [1.29, 1.82) is 0 Å². The summed E-state index contributed by atoms with van der Waals surface area (Å²) in [6.07, 6.45) is -0.549. The number of benzene rings is 1. The van der Waals surface area contributed by atoms with E-state index in [9.17, 15) is 18.3 Å². The Bertz CT molecular complexity index is 362. The average Bonchev–Trinajstić information content (AvgIpc) is 2.44. The van der Waals surface area contributed by atoms with Crippen molar-refractivity contribution < 1.29 is 18.3 Å². The van der Waals surface area contributed by atoms with Gasteiger partial charge in [-0.3, -0.25) is 0 Å². The monoisotopic (exact) mass is 188 g/mol. The van der Waals surface area contributed by atoms with Gasteiger partial charge in [-0.05, 0) is 18.4 Å². The van der Waals surface area contributed by atoms with Gasteiger partial charge in [0.05, 0.1) is 6.10 Å². The number of hydrogen-bond acceptors (Lipinski definition) is 1. The van der Waals surface area contributed by atoms with Crippen LogP contribution in [0.25, 0.3) is 0 Å². The molecule has 70 valence electrons. The van der Waals surface area contributed by atoms with Crippen LogP contribution in [-0.4, -0.2) is 5.11 Å². The minimum atomic E-state index is -1.24. The summed E-state index contributed by atoms with van der Waals surface area (Å²) in [5, 5.41) is 9.24. The molecule has 0 aromatic heterocycles. The van der Waals surface area contributed by atoms with Crippen LogP contribution < -0.4 is 0 Å². The van der Waals surface area contributed by atoms with E-state index in [0.29, 0.717) is 6.07 Å². The molecule has 0 aliphatic heterocycles. The second-order valence-electron chi connectivity index (χ2n) is 3.10. The van der Waals surface area contributed by atoms with Crippen LogP contribution in [0.2, 0.25) is 0 Å². The molecule has 1 aliphatic rings. The van der Waals surface area contributed by atoms with Gasteiger partial charge in [-0.2, -0.15) is 0 Å². The standard InChI is InChI=1S/C9H7F3O/c10-5-3-6(11)9(12)8-4(5)1-2-7(8)13/h3,7,13H,1-2H2. The first-order valence-corrected chi connectivity index (χ1v) is 3.95. The molecule has 1 aromatic rings. The first-order chi connectivity index (χ1) is 6.11. The van der Waals surface area contributed by atoms with Crippen LogP contribution in [0.4, 0.5) is 13.2 Å². The summed E-state index contributed by atoms with van der Waals surface area (Å²) in [7, 11) is 0. The van der Waals surface area contributed by atoms with Crippen molar-refractivity contribution in [1.82, 2.24) is 0 Å². The molecule has 4 heteroatoms. The lowest BCUT2D eigenvalue weighted by molar-refractivity contribution is 0.174. The smallest absolute Gasteiger partial charge is 0.165 e. The third-order valence-corrected chi connectivity index (χ3v) is 2.31. The van der Waals surface area contributed by atoms with Crippen LogP contribution in [0.1, 0.15) is 23.7 Å². The Labute approximate surface area is 72.8 Å². The molecule has 2 rings (SSSR count). The highest BCUT2D eigenvalue weighted by Crippen LogP contribution is 2.35. The van der Waals surface area contributed by atoms with E-state index < -0.39 is 23.6 Å². The molecule has 1 aliphatic carbocycles. The van der Waals surface area contributed by atoms with Gasteiger partial charge in [-0.15, -0.1) is 0 Å². The molecule has 13 heavy (non-hydrogen) atoms. The first-order valence-electron chi connectivity index (χ1n) is 3.95. The summed E-state index contributed by atoms with van der Waals surface area (Å²) in [6.45, 7) is 0. The first kappa shape index (κ1) is 8.56. The zero-order valence-corrected chi connectivity index (χ0v) is 6.65. The molecule has 0 spiro atoms. The number of hydrogen-bond donors (Lipinski definition) is 1. The van der Waals surface area contributed by atoms with Gasteiger partial charge in [0.1, 0.15) is 5.82 Å². The molecule has 1 aromatic carbocycles. The topological polar surface area (TPSA) is 20.2 Å². The molecule has 0 bridgehead atoms. The van der Waals surface area contributed by atoms with Crippen LogP contribution in [0.5, 0.6) is 0 Å². The van der Waals surface area contributed by atoms with Crippen LogP contribution in [0.3, 0.4) is 0 Å². The Morgan fingerprint density at radius 2 is 1.92 bits per heavy atom. The van der Waals surface area contributed by atoms with Gasteiger partial charge in [-0.1, -0.05) is 0 Å². The van der Waals surface area contributed by atoms with Gasteiger partial charge in [0.25, 0.3) is 0 Å². The normalized spacial score (nSPS) is 20.5. The number of fused-ring (bicyclic) bond motifs is 1. The van der Waals surface area contributed by atoms with Crippen LogP contribution in [0, 0.1) is 17.5 Å². The SMILES string of the molecule is OC1CCc2c(F)cc(F)c(F)c21. The molecule has 0 heterocycles. The quantitative estimate of drug-likeness (QED) is 0.618. The summed E-state index contributed by atoms with van der Waals surface area (Å²) in [5.74, 6) is -3.14. The van der Waals surface area contributed by atoms with Crippen molar-refractivity contribution in [2.24, 2.45) is 0 Å². The van der Waals surface area contributed by atoms with Crippen molar-refractivity contribution in [2.75, 3.05) is 0 Å². The minimum Gasteiger partial charge on any atom is -0.388 e. The fourth-order valence-corrected chi connectivity index (χ4v) is 1.68. The number of halogens is 3. The summed E-state index contributed by atoms with van der Waals surface area (Å²) < 4.78 is 38.7. The van der Waals surface area contributed by atoms with E-state index in [4.69, 9.17) is 0 Å². The van der Waals surface area contributed by atoms with Crippen LogP contribution >= 0.6 is 0 Å². The van der Waals surface area contributed by atoms with E-state index in [-0.39, 0.29) is 24.0 Å². The summed E-state index contributed by atoms with van der Waals surface area (Å²) in [4.78, 5) is 0. The molecule has 1 nitrogen and oxygen atoms in total. The van der Waals surface area contributed by atoms with Crippen LogP contribution in [0.15, 0.2) is 6.07 Å². The largest absolute Gasteiger partial charge is 0.388 e. The zero-order valence-electron chi connectivity index (χ0n) is 6.65. The van der Waals surface area contributed by atoms with E-state index in [1.54, 1.807) is 0 Å². The molecule has 0 fully saturated rings. The van der Waals surface area contributed by atoms with Gasteiger partial charge in [0.2, 0.25) is 0 Å². The Morgan fingerprint density at radius 3 is 2.62 bits per heavy atom. The average molecular weight is 188 g/mol. The molecular formula is C9H7F3O. The third kappa shape index (κ3) is 1.13.